The molecule has 0 unspecified atom stereocenters. The molecule has 0 bridgehead atoms. The number of halogens is 5. The largest absolute Gasteiger partial charge is 0.417 e. The minimum Gasteiger partial charge on any atom is -0.244 e. The Labute approximate surface area is 175 Å². The molecule has 3 aromatic rings. The third kappa shape index (κ3) is 4.66. The lowest BCUT2D eigenvalue weighted by Crippen LogP contribution is -2.32. The molecule has 0 fully saturated rings. The van der Waals surface area contributed by atoms with Gasteiger partial charge in [-0.3, -0.25) is 0 Å². The Hall–Kier alpha value is -2.29. The molecule has 0 saturated heterocycles. The van der Waals surface area contributed by atoms with Crippen molar-refractivity contribution in [2.75, 3.05) is 4.31 Å². The maximum absolute atomic E-state index is 13.3. The van der Waals surface area contributed by atoms with E-state index >= 15 is 0 Å². The van der Waals surface area contributed by atoms with Gasteiger partial charge in [-0.15, -0.1) is 0 Å². The summed E-state index contributed by atoms with van der Waals surface area (Å²) in [5.41, 5.74) is -0.498. The third-order valence-electron chi connectivity index (χ3n) is 3.96. The number of benzene rings is 2. The maximum Gasteiger partial charge on any atom is 0.417 e. The Bertz CT molecular complexity index is 1120. The minimum atomic E-state index is -4.67. The van der Waals surface area contributed by atoms with Gasteiger partial charge in [0, 0.05) is 6.20 Å². The average Bonchev–Trinajstić information content (AvgIpc) is 2.66. The summed E-state index contributed by atoms with van der Waals surface area (Å²) < 4.78 is 66.3. The van der Waals surface area contributed by atoms with Gasteiger partial charge in [0.2, 0.25) is 0 Å². The molecule has 1 aromatic heterocycles. The average molecular weight is 461 g/mol. The van der Waals surface area contributed by atoms with Gasteiger partial charge in [0.1, 0.15) is 4.90 Å². The van der Waals surface area contributed by atoms with Crippen LogP contribution < -0.4 is 4.31 Å². The summed E-state index contributed by atoms with van der Waals surface area (Å²) in [7, 11) is -4.28. The van der Waals surface area contributed by atoms with E-state index in [0.717, 1.165) is 4.31 Å². The van der Waals surface area contributed by atoms with Gasteiger partial charge in [-0.1, -0.05) is 65.7 Å². The lowest BCUT2D eigenvalue weighted by atomic mass is 10.2. The Morgan fingerprint density at radius 1 is 0.931 bits per heavy atom. The van der Waals surface area contributed by atoms with Crippen molar-refractivity contribution in [3.8, 4) is 0 Å². The molecule has 3 rings (SSSR count). The molecule has 0 spiro atoms. The van der Waals surface area contributed by atoms with Crippen molar-refractivity contribution in [1.29, 1.82) is 0 Å². The smallest absolute Gasteiger partial charge is 0.244 e. The van der Waals surface area contributed by atoms with Crippen molar-refractivity contribution >= 4 is 39.0 Å². The van der Waals surface area contributed by atoms with Crippen LogP contribution >= 0.6 is 23.2 Å². The number of rotatable bonds is 5. The molecule has 10 heteroatoms. The highest BCUT2D eigenvalue weighted by molar-refractivity contribution is 7.93. The normalized spacial score (nSPS) is 12.0. The first-order chi connectivity index (χ1) is 13.6. The van der Waals surface area contributed by atoms with Gasteiger partial charge in [-0.2, -0.15) is 13.2 Å². The first-order valence-electron chi connectivity index (χ1n) is 8.14. The second-order valence-corrected chi connectivity index (χ2v) is 8.60. The molecular weight excluding hydrogens is 448 g/mol. The second kappa shape index (κ2) is 8.22. The number of sulfonamides is 1. The molecule has 0 aliphatic carbocycles. The highest BCUT2D eigenvalue weighted by Gasteiger charge is 2.34. The molecule has 29 heavy (non-hydrogen) atoms. The summed E-state index contributed by atoms with van der Waals surface area (Å²) in [6, 6.07) is 14.9. The summed E-state index contributed by atoms with van der Waals surface area (Å²) in [6.07, 6.45) is -4.12. The molecule has 0 amide bonds. The van der Waals surface area contributed by atoms with Crippen LogP contribution in [0.3, 0.4) is 0 Å². The minimum absolute atomic E-state index is 0.0337. The van der Waals surface area contributed by atoms with Crippen molar-refractivity contribution in [2.24, 2.45) is 0 Å². The molecule has 0 saturated carbocycles. The van der Waals surface area contributed by atoms with Crippen LogP contribution in [0.5, 0.6) is 0 Å². The first kappa shape index (κ1) is 21.4. The molecular formula is C19H13Cl2F3N2O2S. The number of pyridine rings is 1. The number of nitrogens with zero attached hydrogens (tertiary/aromatic N) is 2. The van der Waals surface area contributed by atoms with Crippen molar-refractivity contribution in [1.82, 2.24) is 4.98 Å². The topological polar surface area (TPSA) is 50.3 Å². The predicted molar refractivity (Wildman–Crippen MR) is 106 cm³/mol. The summed E-state index contributed by atoms with van der Waals surface area (Å²) >= 11 is 12.1. The van der Waals surface area contributed by atoms with Crippen molar-refractivity contribution in [3.63, 3.8) is 0 Å². The lowest BCUT2D eigenvalue weighted by Gasteiger charge is -2.25. The summed E-state index contributed by atoms with van der Waals surface area (Å²) in [4.78, 5) is 3.50. The van der Waals surface area contributed by atoms with Gasteiger partial charge in [-0.05, 0) is 23.8 Å². The van der Waals surface area contributed by atoms with Crippen LogP contribution in [-0.4, -0.2) is 13.4 Å². The summed E-state index contributed by atoms with van der Waals surface area (Å²) in [5.74, 6) is -0.330. The molecule has 2 aromatic carbocycles. The standard InChI is InChI=1S/C19H13Cl2F3N2O2S/c20-15-8-4-5-9-17(15)29(27,28)26(12-13-6-2-1-3-7-13)18-16(21)10-14(11-25-18)19(22,23)24/h1-11H,12H2. The van der Waals surface area contributed by atoms with Crippen LogP contribution in [-0.2, 0) is 22.7 Å². The van der Waals surface area contributed by atoms with Crippen LogP contribution in [0.15, 0.2) is 71.8 Å². The predicted octanol–water partition coefficient (Wildman–Crippen LogP) is 5.80. The fourth-order valence-electron chi connectivity index (χ4n) is 2.56. The molecule has 0 atom stereocenters. The summed E-state index contributed by atoms with van der Waals surface area (Å²) in [6.45, 7) is -0.202. The number of hydrogen-bond donors (Lipinski definition) is 0. The van der Waals surface area contributed by atoms with E-state index in [1.54, 1.807) is 36.4 Å². The fourth-order valence-corrected chi connectivity index (χ4v) is 4.81. The van der Waals surface area contributed by atoms with E-state index in [1.807, 2.05) is 0 Å². The SMILES string of the molecule is O=S(=O)(c1ccccc1Cl)N(Cc1ccccc1)c1ncc(C(F)(F)F)cc1Cl. The molecule has 1 heterocycles. The van der Waals surface area contributed by atoms with E-state index in [1.165, 1.54) is 18.2 Å². The fraction of sp³-hybridized carbons (Fsp3) is 0.105. The van der Waals surface area contributed by atoms with E-state index < -0.39 is 26.8 Å². The molecule has 152 valence electrons. The van der Waals surface area contributed by atoms with E-state index in [-0.39, 0.29) is 22.3 Å². The zero-order chi connectivity index (χ0) is 21.2. The van der Waals surface area contributed by atoms with E-state index in [0.29, 0.717) is 17.8 Å². The number of aromatic nitrogens is 1. The first-order valence-corrected chi connectivity index (χ1v) is 10.3. The Morgan fingerprint density at radius 2 is 1.55 bits per heavy atom. The van der Waals surface area contributed by atoms with Gasteiger partial charge in [0.25, 0.3) is 10.0 Å². The van der Waals surface area contributed by atoms with Crippen LogP contribution in [0.2, 0.25) is 10.0 Å². The van der Waals surface area contributed by atoms with Crippen LogP contribution in [0, 0.1) is 0 Å². The van der Waals surface area contributed by atoms with Crippen LogP contribution in [0.4, 0.5) is 19.0 Å². The van der Waals surface area contributed by atoms with Gasteiger partial charge in [0.05, 0.1) is 22.2 Å². The molecule has 4 nitrogen and oxygen atoms in total. The highest BCUT2D eigenvalue weighted by Crippen LogP contribution is 2.36. The Morgan fingerprint density at radius 3 is 2.14 bits per heavy atom. The van der Waals surface area contributed by atoms with Gasteiger partial charge in [-0.25, -0.2) is 17.7 Å². The van der Waals surface area contributed by atoms with Crippen LogP contribution in [0.25, 0.3) is 0 Å². The van der Waals surface area contributed by atoms with E-state index in [4.69, 9.17) is 23.2 Å². The molecule has 0 N–H and O–H groups in total. The molecule has 0 radical (unpaired) electrons. The maximum atomic E-state index is 13.3. The van der Waals surface area contributed by atoms with Crippen molar-refractivity contribution in [3.05, 3.63) is 88.0 Å². The lowest BCUT2D eigenvalue weighted by molar-refractivity contribution is -0.137. The Kier molecular flexibility index (Phi) is 6.07. The molecule has 0 aliphatic heterocycles. The van der Waals surface area contributed by atoms with Crippen LogP contribution in [0.1, 0.15) is 11.1 Å². The number of hydrogen-bond acceptors (Lipinski definition) is 3. The second-order valence-electron chi connectivity index (χ2n) is 5.95. The molecule has 0 aliphatic rings. The van der Waals surface area contributed by atoms with Crippen molar-refractivity contribution in [2.45, 2.75) is 17.6 Å². The summed E-state index contributed by atoms with van der Waals surface area (Å²) in [5, 5.41) is -0.486. The number of alkyl halides is 3. The van der Waals surface area contributed by atoms with E-state index in [2.05, 4.69) is 4.98 Å². The van der Waals surface area contributed by atoms with E-state index in [9.17, 15) is 21.6 Å². The van der Waals surface area contributed by atoms with Gasteiger partial charge >= 0.3 is 6.18 Å². The van der Waals surface area contributed by atoms with Gasteiger partial charge in [0.15, 0.2) is 5.82 Å². The zero-order valence-electron chi connectivity index (χ0n) is 14.6. The third-order valence-corrected chi connectivity index (χ3v) is 6.47. The highest BCUT2D eigenvalue weighted by atomic mass is 35.5. The quantitative estimate of drug-likeness (QED) is 0.483. The van der Waals surface area contributed by atoms with Gasteiger partial charge < -0.3 is 0 Å². The Balaban J connectivity index is 2.15. The van der Waals surface area contributed by atoms with Crippen molar-refractivity contribution < 1.29 is 21.6 Å². The monoisotopic (exact) mass is 460 g/mol. The zero-order valence-corrected chi connectivity index (χ0v) is 16.9. The number of anilines is 1.